The van der Waals surface area contributed by atoms with Gasteiger partial charge >= 0.3 is 0 Å². The number of rotatable bonds is 7. The minimum atomic E-state index is -3.84. The number of nitrogens with one attached hydrogen (secondary N) is 1. The molecule has 0 spiro atoms. The van der Waals surface area contributed by atoms with E-state index < -0.39 is 16.1 Å². The molecular weight excluding hydrogens is 370 g/mol. The Morgan fingerprint density at radius 2 is 1.64 bits per heavy atom. The zero-order chi connectivity index (χ0) is 20.3. The average molecular weight is 394 g/mol. The monoisotopic (exact) mass is 393 g/mol. The quantitative estimate of drug-likeness (QED) is 0.592. The van der Waals surface area contributed by atoms with Crippen LogP contribution >= 0.6 is 0 Å². The number of hydrogen-bond donors (Lipinski definition) is 1. The largest absolute Gasteiger partial charge is 0.295 e. The molecule has 144 valence electrons. The second kappa shape index (κ2) is 8.09. The van der Waals surface area contributed by atoms with Crippen molar-refractivity contribution in [1.29, 1.82) is 0 Å². The summed E-state index contributed by atoms with van der Waals surface area (Å²) >= 11 is 0. The molecule has 1 N–H and O–H groups in total. The zero-order valence-corrected chi connectivity index (χ0v) is 16.8. The molecule has 0 heterocycles. The number of aryl methyl sites for hydroxylation is 1. The fraction of sp³-hybridized carbons (Fsp3) is 0.174. The summed E-state index contributed by atoms with van der Waals surface area (Å²) in [5.74, 6) is -0.176. The highest BCUT2D eigenvalue weighted by Crippen LogP contribution is 2.30. The molecule has 0 amide bonds. The van der Waals surface area contributed by atoms with Gasteiger partial charge < -0.3 is 0 Å². The van der Waals surface area contributed by atoms with Crippen LogP contribution in [0.5, 0.6) is 0 Å². The number of ketones is 1. The van der Waals surface area contributed by atoms with Crippen molar-refractivity contribution in [3.63, 3.8) is 0 Å². The van der Waals surface area contributed by atoms with E-state index in [2.05, 4.69) is 11.3 Å². The highest BCUT2D eigenvalue weighted by atomic mass is 32.2. The summed E-state index contributed by atoms with van der Waals surface area (Å²) in [7, 11) is -3.84. The number of carbonyl (C=O) groups is 1. The SMILES string of the molecule is C=C(C(=O)CC)[C@H](NS(=O)(=O)c1ccc(C)cc1)c1cccc2ccccc12. The van der Waals surface area contributed by atoms with Crippen molar-refractivity contribution >= 4 is 26.6 Å². The van der Waals surface area contributed by atoms with E-state index in [0.717, 1.165) is 16.3 Å². The lowest BCUT2D eigenvalue weighted by atomic mass is 9.92. The topological polar surface area (TPSA) is 63.2 Å². The predicted molar refractivity (Wildman–Crippen MR) is 113 cm³/mol. The van der Waals surface area contributed by atoms with Crippen LogP contribution in [0.1, 0.15) is 30.5 Å². The van der Waals surface area contributed by atoms with Crippen molar-refractivity contribution in [1.82, 2.24) is 4.72 Å². The number of sulfonamides is 1. The predicted octanol–water partition coefficient (Wildman–Crippen LogP) is 4.70. The Bertz CT molecular complexity index is 1130. The first-order valence-corrected chi connectivity index (χ1v) is 10.6. The van der Waals surface area contributed by atoms with Crippen LogP contribution in [0.2, 0.25) is 0 Å². The van der Waals surface area contributed by atoms with Crippen LogP contribution in [0.4, 0.5) is 0 Å². The van der Waals surface area contributed by atoms with Gasteiger partial charge in [-0.05, 0) is 35.4 Å². The van der Waals surface area contributed by atoms with E-state index in [1.807, 2.05) is 49.4 Å². The first kappa shape index (κ1) is 20.0. The summed E-state index contributed by atoms with van der Waals surface area (Å²) in [6.45, 7) is 7.56. The van der Waals surface area contributed by atoms with Gasteiger partial charge in [0, 0.05) is 12.0 Å². The summed E-state index contributed by atoms with van der Waals surface area (Å²) in [5.41, 5.74) is 1.91. The molecule has 4 nitrogen and oxygen atoms in total. The van der Waals surface area contributed by atoms with Gasteiger partial charge in [-0.1, -0.05) is 73.7 Å². The molecule has 0 aliphatic carbocycles. The van der Waals surface area contributed by atoms with E-state index in [1.54, 1.807) is 31.2 Å². The Hall–Kier alpha value is -2.76. The van der Waals surface area contributed by atoms with Crippen LogP contribution in [0.3, 0.4) is 0 Å². The molecule has 0 unspecified atom stereocenters. The Kier molecular flexibility index (Phi) is 5.77. The van der Waals surface area contributed by atoms with Gasteiger partial charge in [0.25, 0.3) is 0 Å². The maximum absolute atomic E-state index is 13.0. The van der Waals surface area contributed by atoms with Gasteiger partial charge in [-0.2, -0.15) is 4.72 Å². The molecule has 0 bridgehead atoms. The Labute approximate surface area is 166 Å². The Morgan fingerprint density at radius 1 is 1.00 bits per heavy atom. The third-order valence-electron chi connectivity index (χ3n) is 4.77. The second-order valence-corrected chi connectivity index (χ2v) is 8.45. The molecule has 0 aliphatic rings. The summed E-state index contributed by atoms with van der Waals surface area (Å²) in [5, 5.41) is 1.85. The van der Waals surface area contributed by atoms with Crippen molar-refractivity contribution in [3.05, 3.63) is 90.0 Å². The fourth-order valence-corrected chi connectivity index (χ4v) is 4.36. The first-order chi connectivity index (χ1) is 13.3. The van der Waals surface area contributed by atoms with Gasteiger partial charge in [0.05, 0.1) is 10.9 Å². The molecule has 28 heavy (non-hydrogen) atoms. The maximum Gasteiger partial charge on any atom is 0.241 e. The number of carbonyl (C=O) groups excluding carboxylic acids is 1. The summed E-state index contributed by atoms with van der Waals surface area (Å²) < 4.78 is 28.7. The highest BCUT2D eigenvalue weighted by Gasteiger charge is 2.27. The maximum atomic E-state index is 13.0. The molecule has 0 saturated heterocycles. The number of fused-ring (bicyclic) bond motifs is 1. The van der Waals surface area contributed by atoms with E-state index in [1.165, 1.54) is 0 Å². The molecule has 5 heteroatoms. The van der Waals surface area contributed by atoms with Crippen LogP contribution in [0, 0.1) is 6.92 Å². The molecule has 0 saturated carbocycles. The summed E-state index contributed by atoms with van der Waals surface area (Å²) in [6, 6.07) is 19.1. The van der Waals surface area contributed by atoms with Gasteiger partial charge in [-0.3, -0.25) is 4.79 Å². The molecular formula is C23H23NO3S. The minimum absolute atomic E-state index is 0.153. The minimum Gasteiger partial charge on any atom is -0.295 e. The molecule has 0 aliphatic heterocycles. The molecule has 1 atom stereocenters. The standard InChI is InChI=1S/C23H23NO3S/c1-4-22(25)17(3)23(21-11-7-9-18-8-5-6-10-20(18)21)24-28(26,27)19-14-12-16(2)13-15-19/h5-15,23-24H,3-4H2,1-2H3/t23-/m0/s1. The molecule has 0 radical (unpaired) electrons. The number of benzene rings is 3. The van der Waals surface area contributed by atoms with E-state index in [-0.39, 0.29) is 22.7 Å². The van der Waals surface area contributed by atoms with E-state index >= 15 is 0 Å². The normalized spacial score (nSPS) is 12.6. The van der Waals surface area contributed by atoms with Gasteiger partial charge in [-0.25, -0.2) is 8.42 Å². The van der Waals surface area contributed by atoms with Gasteiger partial charge in [0.15, 0.2) is 5.78 Å². The Morgan fingerprint density at radius 3 is 2.32 bits per heavy atom. The van der Waals surface area contributed by atoms with Crippen LogP contribution in [-0.4, -0.2) is 14.2 Å². The van der Waals surface area contributed by atoms with Crippen molar-refractivity contribution in [2.24, 2.45) is 0 Å². The smallest absolute Gasteiger partial charge is 0.241 e. The zero-order valence-electron chi connectivity index (χ0n) is 16.0. The average Bonchev–Trinajstić information content (AvgIpc) is 2.71. The molecule has 3 aromatic carbocycles. The van der Waals surface area contributed by atoms with Gasteiger partial charge in [-0.15, -0.1) is 0 Å². The van der Waals surface area contributed by atoms with E-state index in [9.17, 15) is 13.2 Å². The van der Waals surface area contributed by atoms with Crippen molar-refractivity contribution in [3.8, 4) is 0 Å². The number of hydrogen-bond acceptors (Lipinski definition) is 3. The second-order valence-electron chi connectivity index (χ2n) is 6.74. The van der Waals surface area contributed by atoms with E-state index in [0.29, 0.717) is 5.56 Å². The third-order valence-corrected chi connectivity index (χ3v) is 6.21. The van der Waals surface area contributed by atoms with Crippen LogP contribution in [0.15, 0.2) is 83.8 Å². The van der Waals surface area contributed by atoms with Crippen molar-refractivity contribution in [2.75, 3.05) is 0 Å². The Balaban J connectivity index is 2.11. The summed E-state index contributed by atoms with van der Waals surface area (Å²) in [4.78, 5) is 12.5. The summed E-state index contributed by atoms with van der Waals surface area (Å²) in [6.07, 6.45) is 0.256. The lowest BCUT2D eigenvalue weighted by Crippen LogP contribution is -2.31. The van der Waals surface area contributed by atoms with Gasteiger partial charge in [0.1, 0.15) is 0 Å². The molecule has 3 aromatic rings. The van der Waals surface area contributed by atoms with Crippen LogP contribution in [-0.2, 0) is 14.8 Å². The number of Topliss-reactive ketones (excluding diaryl/α,β-unsaturated/α-hetero) is 1. The van der Waals surface area contributed by atoms with Crippen LogP contribution in [0.25, 0.3) is 10.8 Å². The van der Waals surface area contributed by atoms with E-state index in [4.69, 9.17) is 0 Å². The fourth-order valence-electron chi connectivity index (χ4n) is 3.15. The highest BCUT2D eigenvalue weighted by molar-refractivity contribution is 7.89. The molecule has 3 rings (SSSR count). The van der Waals surface area contributed by atoms with Gasteiger partial charge in [0.2, 0.25) is 10.0 Å². The third kappa shape index (κ3) is 4.06. The lowest BCUT2D eigenvalue weighted by molar-refractivity contribution is -0.115. The molecule has 0 aromatic heterocycles. The lowest BCUT2D eigenvalue weighted by Gasteiger charge is -2.22. The molecule has 0 fully saturated rings. The van der Waals surface area contributed by atoms with Crippen LogP contribution < -0.4 is 4.72 Å². The first-order valence-electron chi connectivity index (χ1n) is 9.12. The van der Waals surface area contributed by atoms with Crippen molar-refractivity contribution in [2.45, 2.75) is 31.2 Å². The van der Waals surface area contributed by atoms with Crippen molar-refractivity contribution < 1.29 is 13.2 Å².